The molecule has 0 aliphatic heterocycles. The number of rotatable bonds is 3. The van der Waals surface area contributed by atoms with E-state index in [0.29, 0.717) is 0 Å². The Hall–Kier alpha value is -1.44. The lowest BCUT2D eigenvalue weighted by molar-refractivity contribution is 0.201. The Kier molecular flexibility index (Phi) is 4.32. The van der Waals surface area contributed by atoms with Gasteiger partial charge in [0.2, 0.25) is 0 Å². The first-order valence-corrected chi connectivity index (χ1v) is 9.54. The summed E-state index contributed by atoms with van der Waals surface area (Å²) in [6.45, 7) is 2.29. The predicted octanol–water partition coefficient (Wildman–Crippen LogP) is 6.44. The summed E-state index contributed by atoms with van der Waals surface area (Å²) in [4.78, 5) is 0. The molecule has 0 amide bonds. The largest absolute Gasteiger partial charge is 0.204 e. The quantitative estimate of drug-likeness (QED) is 0.608. The van der Waals surface area contributed by atoms with Gasteiger partial charge in [-0.15, -0.1) is 0 Å². The first kappa shape index (κ1) is 16.1. The minimum atomic E-state index is -0.744. The zero-order valence-corrected chi connectivity index (χ0v) is 14.5. The standard InChI is InChI=1S/C22H26F2/c1-2-3-14-4-6-15(7-5-14)16-8-17-10-19-12-21(23)22(24)13-20(19)11-18(17)9-16/h10-16H,2-9H2,1H3. The van der Waals surface area contributed by atoms with Crippen LogP contribution in [0.4, 0.5) is 8.78 Å². The van der Waals surface area contributed by atoms with Crippen LogP contribution >= 0.6 is 0 Å². The fourth-order valence-electron chi connectivity index (χ4n) is 5.10. The van der Waals surface area contributed by atoms with Gasteiger partial charge < -0.3 is 0 Å². The summed E-state index contributed by atoms with van der Waals surface area (Å²) in [6, 6.07) is 6.87. The van der Waals surface area contributed by atoms with Crippen molar-refractivity contribution < 1.29 is 8.78 Å². The number of benzene rings is 2. The highest BCUT2D eigenvalue weighted by molar-refractivity contribution is 5.84. The van der Waals surface area contributed by atoms with Crippen LogP contribution in [-0.2, 0) is 12.8 Å². The van der Waals surface area contributed by atoms with Crippen LogP contribution < -0.4 is 0 Å². The Morgan fingerprint density at radius 1 is 0.792 bits per heavy atom. The summed E-state index contributed by atoms with van der Waals surface area (Å²) in [5.41, 5.74) is 2.71. The lowest BCUT2D eigenvalue weighted by atomic mass is 9.74. The summed E-state index contributed by atoms with van der Waals surface area (Å²) in [5.74, 6) is 1.03. The molecular weight excluding hydrogens is 302 g/mol. The first-order chi connectivity index (χ1) is 11.6. The van der Waals surface area contributed by atoms with E-state index >= 15 is 0 Å². The van der Waals surface area contributed by atoms with Gasteiger partial charge in [0.15, 0.2) is 11.6 Å². The van der Waals surface area contributed by atoms with Crippen molar-refractivity contribution in [2.45, 2.75) is 58.3 Å². The van der Waals surface area contributed by atoms with Crippen LogP contribution in [0.25, 0.3) is 10.8 Å². The molecule has 0 saturated heterocycles. The number of hydrogen-bond acceptors (Lipinski definition) is 0. The van der Waals surface area contributed by atoms with E-state index in [1.165, 1.54) is 61.8 Å². The molecule has 2 aliphatic rings. The molecule has 0 bridgehead atoms. The van der Waals surface area contributed by atoms with Crippen molar-refractivity contribution in [3.63, 3.8) is 0 Å². The van der Waals surface area contributed by atoms with E-state index in [0.717, 1.165) is 41.4 Å². The van der Waals surface area contributed by atoms with E-state index in [2.05, 4.69) is 19.1 Å². The second-order valence-corrected chi connectivity index (χ2v) is 7.97. The van der Waals surface area contributed by atoms with Crippen LogP contribution in [0.2, 0.25) is 0 Å². The van der Waals surface area contributed by atoms with E-state index < -0.39 is 11.6 Å². The molecule has 1 fully saturated rings. The van der Waals surface area contributed by atoms with Crippen molar-refractivity contribution >= 4 is 10.8 Å². The van der Waals surface area contributed by atoms with Crippen LogP contribution in [0.3, 0.4) is 0 Å². The Bertz CT molecular complexity index is 691. The molecule has 128 valence electrons. The fraction of sp³-hybridized carbons (Fsp3) is 0.545. The molecule has 4 rings (SSSR count). The van der Waals surface area contributed by atoms with Crippen molar-refractivity contribution in [2.75, 3.05) is 0 Å². The third-order valence-electron chi connectivity index (χ3n) is 6.42. The molecule has 2 aliphatic carbocycles. The average molecular weight is 328 g/mol. The Morgan fingerprint density at radius 3 is 1.83 bits per heavy atom. The highest BCUT2D eigenvalue weighted by Crippen LogP contribution is 2.42. The molecule has 0 heterocycles. The molecule has 2 aromatic carbocycles. The molecule has 0 aromatic heterocycles. The van der Waals surface area contributed by atoms with Crippen LogP contribution in [-0.4, -0.2) is 0 Å². The molecule has 24 heavy (non-hydrogen) atoms. The second kappa shape index (κ2) is 6.46. The molecule has 0 unspecified atom stereocenters. The van der Waals surface area contributed by atoms with Crippen molar-refractivity contribution in [1.82, 2.24) is 0 Å². The Morgan fingerprint density at radius 2 is 1.33 bits per heavy atom. The Labute approximate surface area is 143 Å². The zero-order valence-electron chi connectivity index (χ0n) is 14.5. The van der Waals surface area contributed by atoms with Gasteiger partial charge in [-0.25, -0.2) is 8.78 Å². The van der Waals surface area contributed by atoms with E-state index in [4.69, 9.17) is 0 Å². The van der Waals surface area contributed by atoms with E-state index in [-0.39, 0.29) is 0 Å². The number of halogens is 2. The molecule has 1 saturated carbocycles. The fourth-order valence-corrected chi connectivity index (χ4v) is 5.10. The summed E-state index contributed by atoms with van der Waals surface area (Å²) in [7, 11) is 0. The third-order valence-corrected chi connectivity index (χ3v) is 6.42. The SMILES string of the molecule is CCCC1CCC(C2Cc3cc4cc(F)c(F)cc4cc3C2)CC1. The maximum atomic E-state index is 13.5. The maximum absolute atomic E-state index is 13.5. The third kappa shape index (κ3) is 2.96. The molecule has 0 radical (unpaired) electrons. The van der Waals surface area contributed by atoms with Gasteiger partial charge in [-0.3, -0.25) is 0 Å². The summed E-state index contributed by atoms with van der Waals surface area (Å²) in [6.07, 6.45) is 10.5. The molecule has 0 nitrogen and oxygen atoms in total. The molecule has 2 heteroatoms. The molecule has 0 spiro atoms. The first-order valence-electron chi connectivity index (χ1n) is 9.54. The van der Waals surface area contributed by atoms with Gasteiger partial charge in [0, 0.05) is 0 Å². The lowest BCUT2D eigenvalue weighted by Gasteiger charge is -2.32. The van der Waals surface area contributed by atoms with E-state index in [9.17, 15) is 8.78 Å². The van der Waals surface area contributed by atoms with Gasteiger partial charge in [0.1, 0.15) is 0 Å². The maximum Gasteiger partial charge on any atom is 0.159 e. The van der Waals surface area contributed by atoms with Gasteiger partial charge in [-0.1, -0.05) is 44.7 Å². The highest BCUT2D eigenvalue weighted by Gasteiger charge is 2.31. The van der Waals surface area contributed by atoms with Crippen molar-refractivity contribution in [3.8, 4) is 0 Å². The highest BCUT2D eigenvalue weighted by atomic mass is 19.2. The normalized spacial score (nSPS) is 24.5. The number of hydrogen-bond donors (Lipinski definition) is 0. The monoisotopic (exact) mass is 328 g/mol. The van der Waals surface area contributed by atoms with Crippen LogP contribution in [0.5, 0.6) is 0 Å². The van der Waals surface area contributed by atoms with Gasteiger partial charge >= 0.3 is 0 Å². The summed E-state index contributed by atoms with van der Waals surface area (Å²) < 4.78 is 27.0. The van der Waals surface area contributed by atoms with Gasteiger partial charge in [-0.05, 0) is 77.5 Å². The van der Waals surface area contributed by atoms with Crippen molar-refractivity contribution in [1.29, 1.82) is 0 Å². The lowest BCUT2D eigenvalue weighted by Crippen LogP contribution is -2.22. The second-order valence-electron chi connectivity index (χ2n) is 7.97. The van der Waals surface area contributed by atoms with Gasteiger partial charge in [0.05, 0.1) is 0 Å². The minimum Gasteiger partial charge on any atom is -0.204 e. The Balaban J connectivity index is 1.51. The summed E-state index contributed by atoms with van der Waals surface area (Å²) in [5, 5.41) is 1.67. The topological polar surface area (TPSA) is 0 Å². The zero-order chi connectivity index (χ0) is 16.7. The molecule has 0 N–H and O–H groups in total. The van der Waals surface area contributed by atoms with Gasteiger partial charge in [0.25, 0.3) is 0 Å². The van der Waals surface area contributed by atoms with Gasteiger partial charge in [-0.2, -0.15) is 0 Å². The predicted molar refractivity (Wildman–Crippen MR) is 95.1 cm³/mol. The minimum absolute atomic E-state index is 0.731. The molecule has 2 aromatic rings. The molecule has 0 atom stereocenters. The smallest absolute Gasteiger partial charge is 0.159 e. The van der Waals surface area contributed by atoms with E-state index in [1.54, 1.807) is 0 Å². The van der Waals surface area contributed by atoms with Crippen LogP contribution in [0.15, 0.2) is 24.3 Å². The number of fused-ring (bicyclic) bond motifs is 2. The van der Waals surface area contributed by atoms with E-state index in [1.807, 2.05) is 0 Å². The summed E-state index contributed by atoms with van der Waals surface area (Å²) >= 11 is 0. The average Bonchev–Trinajstić information content (AvgIpc) is 2.98. The van der Waals surface area contributed by atoms with Crippen LogP contribution in [0.1, 0.15) is 56.6 Å². The molecular formula is C22H26F2. The van der Waals surface area contributed by atoms with Crippen molar-refractivity contribution in [3.05, 3.63) is 47.0 Å². The van der Waals surface area contributed by atoms with Crippen LogP contribution in [0, 0.1) is 29.4 Å². The van der Waals surface area contributed by atoms with Crippen molar-refractivity contribution in [2.24, 2.45) is 17.8 Å².